The molecule has 84 valence electrons. The van der Waals surface area contributed by atoms with Gasteiger partial charge in [-0.1, -0.05) is 18.2 Å². The number of aliphatic hydroxyl groups is 1. The van der Waals surface area contributed by atoms with Crippen LogP contribution in [0.15, 0.2) is 18.2 Å². The number of anilines is 1. The molecule has 1 aromatic rings. The summed E-state index contributed by atoms with van der Waals surface area (Å²) in [7, 11) is 0. The standard InChI is InChI=1S/C14H17NO/c1-2-3-4-8-13(16)12-7-5-6-11-9-10-15-14(11)12/h1,5-7,13,15-16H,3-4,8-10H2. The van der Waals surface area contributed by atoms with Crippen LogP contribution in [0, 0.1) is 12.3 Å². The lowest BCUT2D eigenvalue weighted by Crippen LogP contribution is -2.02. The van der Waals surface area contributed by atoms with Gasteiger partial charge in [0.2, 0.25) is 0 Å². The monoisotopic (exact) mass is 215 g/mol. The molecule has 1 heterocycles. The smallest absolute Gasteiger partial charge is 0.0810 e. The summed E-state index contributed by atoms with van der Waals surface area (Å²) in [6, 6.07) is 6.14. The van der Waals surface area contributed by atoms with E-state index in [0.29, 0.717) is 0 Å². The molecule has 2 rings (SSSR count). The van der Waals surface area contributed by atoms with E-state index in [-0.39, 0.29) is 0 Å². The number of rotatable bonds is 4. The first-order chi connectivity index (χ1) is 7.83. The molecule has 1 aliphatic heterocycles. The largest absolute Gasteiger partial charge is 0.388 e. The predicted octanol–water partition coefficient (Wildman–Crippen LogP) is 2.49. The number of terminal acetylenes is 1. The number of hydrogen-bond acceptors (Lipinski definition) is 2. The average Bonchev–Trinajstić information content (AvgIpc) is 2.76. The van der Waals surface area contributed by atoms with Crippen LogP contribution >= 0.6 is 0 Å². The molecule has 0 aliphatic carbocycles. The molecule has 0 fully saturated rings. The lowest BCUT2D eigenvalue weighted by molar-refractivity contribution is 0.166. The van der Waals surface area contributed by atoms with Gasteiger partial charge in [0.1, 0.15) is 0 Å². The summed E-state index contributed by atoms with van der Waals surface area (Å²) >= 11 is 0. The van der Waals surface area contributed by atoms with Crippen molar-refractivity contribution in [2.75, 3.05) is 11.9 Å². The van der Waals surface area contributed by atoms with Gasteiger partial charge in [0.15, 0.2) is 0 Å². The summed E-state index contributed by atoms with van der Waals surface area (Å²) < 4.78 is 0. The van der Waals surface area contributed by atoms with Gasteiger partial charge < -0.3 is 10.4 Å². The Kier molecular flexibility index (Phi) is 3.48. The van der Waals surface area contributed by atoms with Gasteiger partial charge in [-0.25, -0.2) is 0 Å². The lowest BCUT2D eigenvalue weighted by atomic mass is 9.99. The van der Waals surface area contributed by atoms with Gasteiger partial charge >= 0.3 is 0 Å². The first-order valence-corrected chi connectivity index (χ1v) is 5.80. The van der Waals surface area contributed by atoms with Crippen LogP contribution in [0.2, 0.25) is 0 Å². The topological polar surface area (TPSA) is 32.3 Å². The Balaban J connectivity index is 2.09. The Morgan fingerprint density at radius 3 is 3.19 bits per heavy atom. The van der Waals surface area contributed by atoms with Gasteiger partial charge in [-0.3, -0.25) is 0 Å². The quantitative estimate of drug-likeness (QED) is 0.597. The van der Waals surface area contributed by atoms with Crippen molar-refractivity contribution in [1.29, 1.82) is 0 Å². The Morgan fingerprint density at radius 1 is 1.50 bits per heavy atom. The third-order valence-electron chi connectivity index (χ3n) is 3.04. The number of unbranched alkanes of at least 4 members (excludes halogenated alkanes) is 1. The van der Waals surface area contributed by atoms with Crippen molar-refractivity contribution in [3.8, 4) is 12.3 Å². The van der Waals surface area contributed by atoms with Crippen LogP contribution in [0.5, 0.6) is 0 Å². The zero-order valence-corrected chi connectivity index (χ0v) is 9.37. The van der Waals surface area contributed by atoms with E-state index in [1.165, 1.54) is 5.56 Å². The molecule has 0 bridgehead atoms. The van der Waals surface area contributed by atoms with Crippen LogP contribution < -0.4 is 5.32 Å². The maximum Gasteiger partial charge on any atom is 0.0810 e. The zero-order chi connectivity index (χ0) is 11.4. The van der Waals surface area contributed by atoms with Crippen molar-refractivity contribution in [1.82, 2.24) is 0 Å². The van der Waals surface area contributed by atoms with Crippen LogP contribution in [0.25, 0.3) is 0 Å². The fourth-order valence-electron chi connectivity index (χ4n) is 2.20. The molecule has 0 aromatic heterocycles. The van der Waals surface area contributed by atoms with Crippen LogP contribution in [-0.2, 0) is 6.42 Å². The van der Waals surface area contributed by atoms with Crippen molar-refractivity contribution in [3.63, 3.8) is 0 Å². The summed E-state index contributed by atoms with van der Waals surface area (Å²) in [6.07, 6.45) is 8.21. The van der Waals surface area contributed by atoms with E-state index >= 15 is 0 Å². The Bertz CT molecular complexity index is 406. The van der Waals surface area contributed by atoms with Crippen molar-refractivity contribution in [2.24, 2.45) is 0 Å². The molecule has 1 aromatic carbocycles. The minimum absolute atomic E-state index is 0.395. The fraction of sp³-hybridized carbons (Fsp3) is 0.429. The van der Waals surface area contributed by atoms with E-state index in [2.05, 4.69) is 17.3 Å². The minimum Gasteiger partial charge on any atom is -0.388 e. The van der Waals surface area contributed by atoms with Crippen LogP contribution in [0.3, 0.4) is 0 Å². The fourth-order valence-corrected chi connectivity index (χ4v) is 2.20. The molecule has 0 saturated heterocycles. The van der Waals surface area contributed by atoms with Crippen LogP contribution in [0.1, 0.15) is 36.5 Å². The Hall–Kier alpha value is -1.46. The molecule has 0 spiro atoms. The molecule has 2 heteroatoms. The lowest BCUT2D eigenvalue weighted by Gasteiger charge is -2.14. The molecular formula is C14H17NO. The number of hydrogen-bond donors (Lipinski definition) is 2. The third-order valence-corrected chi connectivity index (χ3v) is 3.04. The molecule has 2 N–H and O–H groups in total. The van der Waals surface area contributed by atoms with E-state index in [1.807, 2.05) is 12.1 Å². The van der Waals surface area contributed by atoms with Gasteiger partial charge in [0.25, 0.3) is 0 Å². The summed E-state index contributed by atoms with van der Waals surface area (Å²) in [6.45, 7) is 0.976. The van der Waals surface area contributed by atoms with Gasteiger partial charge in [0.05, 0.1) is 6.10 Å². The second-order valence-electron chi connectivity index (χ2n) is 4.17. The van der Waals surface area contributed by atoms with Crippen LogP contribution in [-0.4, -0.2) is 11.7 Å². The maximum absolute atomic E-state index is 10.1. The normalized spacial score (nSPS) is 15.0. The number of aliphatic hydroxyl groups excluding tert-OH is 1. The summed E-state index contributed by atoms with van der Waals surface area (Å²) in [4.78, 5) is 0. The highest BCUT2D eigenvalue weighted by molar-refractivity contribution is 5.61. The Labute approximate surface area is 96.7 Å². The van der Waals surface area contributed by atoms with E-state index in [0.717, 1.165) is 43.5 Å². The molecule has 2 nitrogen and oxygen atoms in total. The summed E-state index contributed by atoms with van der Waals surface area (Å²) in [5.74, 6) is 2.60. The predicted molar refractivity (Wildman–Crippen MR) is 66.3 cm³/mol. The molecular weight excluding hydrogens is 198 g/mol. The highest BCUT2D eigenvalue weighted by Crippen LogP contribution is 2.32. The highest BCUT2D eigenvalue weighted by atomic mass is 16.3. The summed E-state index contributed by atoms with van der Waals surface area (Å²) in [5, 5.41) is 13.4. The van der Waals surface area contributed by atoms with Gasteiger partial charge in [-0.2, -0.15) is 0 Å². The first-order valence-electron chi connectivity index (χ1n) is 5.80. The van der Waals surface area contributed by atoms with Crippen LogP contribution in [0.4, 0.5) is 5.69 Å². The molecule has 1 unspecified atom stereocenters. The average molecular weight is 215 g/mol. The van der Waals surface area contributed by atoms with E-state index in [4.69, 9.17) is 6.42 Å². The van der Waals surface area contributed by atoms with Gasteiger partial charge in [-0.05, 0) is 24.8 Å². The van der Waals surface area contributed by atoms with Gasteiger partial charge in [0, 0.05) is 24.2 Å². The summed E-state index contributed by atoms with van der Waals surface area (Å²) in [5.41, 5.74) is 3.47. The second kappa shape index (κ2) is 5.05. The number of para-hydroxylation sites is 1. The van der Waals surface area contributed by atoms with Crippen molar-refractivity contribution < 1.29 is 5.11 Å². The Morgan fingerprint density at radius 2 is 2.38 bits per heavy atom. The SMILES string of the molecule is C#CCCCC(O)c1cccc2c1NCC2. The molecule has 0 saturated carbocycles. The molecule has 1 atom stereocenters. The number of nitrogens with one attached hydrogen (secondary N) is 1. The van der Waals surface area contributed by atoms with Crippen molar-refractivity contribution >= 4 is 5.69 Å². The third kappa shape index (κ3) is 2.20. The molecule has 1 aliphatic rings. The first kappa shape index (κ1) is 11.0. The van der Waals surface area contributed by atoms with E-state index in [1.54, 1.807) is 0 Å². The van der Waals surface area contributed by atoms with Crippen molar-refractivity contribution in [3.05, 3.63) is 29.3 Å². The molecule has 0 radical (unpaired) electrons. The number of benzene rings is 1. The van der Waals surface area contributed by atoms with Gasteiger partial charge in [-0.15, -0.1) is 12.3 Å². The highest BCUT2D eigenvalue weighted by Gasteiger charge is 2.18. The zero-order valence-electron chi connectivity index (χ0n) is 9.37. The molecule has 0 amide bonds. The van der Waals surface area contributed by atoms with E-state index in [9.17, 15) is 5.11 Å². The second-order valence-corrected chi connectivity index (χ2v) is 4.17. The van der Waals surface area contributed by atoms with Crippen molar-refractivity contribution in [2.45, 2.75) is 31.8 Å². The number of fused-ring (bicyclic) bond motifs is 1. The van der Waals surface area contributed by atoms with E-state index < -0.39 is 6.10 Å². The molecule has 16 heavy (non-hydrogen) atoms. The minimum atomic E-state index is -0.395. The maximum atomic E-state index is 10.1.